The summed E-state index contributed by atoms with van der Waals surface area (Å²) in [6.45, 7) is 0. The summed E-state index contributed by atoms with van der Waals surface area (Å²) in [6, 6.07) is 19.0. The number of nitrogens with zero attached hydrogens (tertiary/aromatic N) is 4. The molecule has 0 bridgehead atoms. The lowest BCUT2D eigenvalue weighted by molar-refractivity contribution is 0.477. The molecule has 22 heavy (non-hydrogen) atoms. The molecule has 0 fully saturated rings. The van der Waals surface area contributed by atoms with Gasteiger partial charge in [0.1, 0.15) is 12.1 Å². The van der Waals surface area contributed by atoms with E-state index < -0.39 is 0 Å². The van der Waals surface area contributed by atoms with Crippen LogP contribution in [0.25, 0.3) is 28.3 Å². The Hall–Kier alpha value is -3.21. The van der Waals surface area contributed by atoms with Crippen LogP contribution in [0.5, 0.6) is 5.75 Å². The Labute approximate surface area is 126 Å². The van der Waals surface area contributed by atoms with Crippen molar-refractivity contribution in [3.63, 3.8) is 0 Å². The molecule has 0 spiro atoms. The van der Waals surface area contributed by atoms with Gasteiger partial charge in [-0.05, 0) is 18.2 Å². The van der Waals surface area contributed by atoms with Gasteiger partial charge in [-0.1, -0.05) is 42.5 Å². The number of rotatable bonds is 2. The van der Waals surface area contributed by atoms with Gasteiger partial charge in [-0.15, -0.1) is 0 Å². The van der Waals surface area contributed by atoms with E-state index in [4.69, 9.17) is 0 Å². The highest BCUT2D eigenvalue weighted by atomic mass is 16.3. The Morgan fingerprint density at radius 1 is 0.909 bits per heavy atom. The van der Waals surface area contributed by atoms with Crippen molar-refractivity contribution >= 4 is 5.78 Å². The average Bonchev–Trinajstić information content (AvgIpc) is 3.03. The lowest BCUT2D eigenvalue weighted by Crippen LogP contribution is -1.98. The quantitative estimate of drug-likeness (QED) is 0.615. The van der Waals surface area contributed by atoms with Gasteiger partial charge in [0.05, 0.1) is 11.4 Å². The zero-order valence-electron chi connectivity index (χ0n) is 11.6. The van der Waals surface area contributed by atoms with Crippen molar-refractivity contribution in [2.75, 3.05) is 0 Å². The smallest absolute Gasteiger partial charge is 0.253 e. The maximum Gasteiger partial charge on any atom is 0.253 e. The van der Waals surface area contributed by atoms with Crippen LogP contribution in [-0.2, 0) is 0 Å². The zero-order chi connectivity index (χ0) is 14.9. The number of aromatic nitrogens is 4. The minimum atomic E-state index is 0.192. The van der Waals surface area contributed by atoms with Crippen molar-refractivity contribution in [2.45, 2.75) is 0 Å². The highest BCUT2D eigenvalue weighted by molar-refractivity contribution is 5.73. The number of fused-ring (bicyclic) bond motifs is 1. The predicted molar refractivity (Wildman–Crippen MR) is 83.3 cm³/mol. The first kappa shape index (κ1) is 12.5. The SMILES string of the molecule is Oc1ccccc1-c1cc(-c2ccccc2)n2ncnc2n1. The van der Waals surface area contributed by atoms with E-state index in [1.165, 1.54) is 6.33 Å². The first-order valence-electron chi connectivity index (χ1n) is 6.87. The molecule has 2 aromatic carbocycles. The van der Waals surface area contributed by atoms with Crippen LogP contribution >= 0.6 is 0 Å². The van der Waals surface area contributed by atoms with Crippen molar-refractivity contribution in [3.05, 3.63) is 67.0 Å². The Balaban J connectivity index is 2.01. The van der Waals surface area contributed by atoms with Crippen molar-refractivity contribution in [1.29, 1.82) is 0 Å². The second-order valence-corrected chi connectivity index (χ2v) is 4.88. The van der Waals surface area contributed by atoms with Gasteiger partial charge in [0.25, 0.3) is 5.78 Å². The van der Waals surface area contributed by atoms with Crippen molar-refractivity contribution in [3.8, 4) is 28.3 Å². The molecule has 5 nitrogen and oxygen atoms in total. The molecule has 0 atom stereocenters. The van der Waals surface area contributed by atoms with Gasteiger partial charge >= 0.3 is 0 Å². The fourth-order valence-corrected chi connectivity index (χ4v) is 2.45. The predicted octanol–water partition coefficient (Wildman–Crippen LogP) is 3.16. The first-order chi connectivity index (χ1) is 10.8. The second-order valence-electron chi connectivity index (χ2n) is 4.88. The average molecular weight is 288 g/mol. The molecular formula is C17H12N4O. The summed E-state index contributed by atoms with van der Waals surface area (Å²) in [7, 11) is 0. The molecule has 106 valence electrons. The van der Waals surface area contributed by atoms with Gasteiger partial charge in [0, 0.05) is 11.1 Å². The maximum atomic E-state index is 10.1. The van der Waals surface area contributed by atoms with Gasteiger partial charge in [-0.25, -0.2) is 4.98 Å². The monoisotopic (exact) mass is 288 g/mol. The number of para-hydroxylation sites is 1. The molecule has 5 heteroatoms. The Morgan fingerprint density at radius 2 is 1.68 bits per heavy atom. The number of benzene rings is 2. The molecule has 0 aliphatic carbocycles. The summed E-state index contributed by atoms with van der Waals surface area (Å²) in [5.41, 5.74) is 3.22. The molecule has 0 aliphatic heterocycles. The lowest BCUT2D eigenvalue weighted by Gasteiger charge is -2.08. The third-order valence-electron chi connectivity index (χ3n) is 3.50. The Morgan fingerprint density at radius 3 is 2.50 bits per heavy atom. The van der Waals surface area contributed by atoms with Crippen molar-refractivity contribution in [1.82, 2.24) is 19.6 Å². The summed E-state index contributed by atoms with van der Waals surface area (Å²) in [5.74, 6) is 0.692. The topological polar surface area (TPSA) is 63.3 Å². The van der Waals surface area contributed by atoms with Crippen LogP contribution in [0.4, 0.5) is 0 Å². The number of aromatic hydroxyl groups is 1. The van der Waals surface area contributed by atoms with E-state index in [0.29, 0.717) is 17.0 Å². The van der Waals surface area contributed by atoms with Gasteiger partial charge < -0.3 is 5.11 Å². The van der Waals surface area contributed by atoms with E-state index in [0.717, 1.165) is 11.3 Å². The molecule has 0 saturated carbocycles. The molecular weight excluding hydrogens is 276 g/mol. The van der Waals surface area contributed by atoms with E-state index >= 15 is 0 Å². The third kappa shape index (κ3) is 2.00. The minimum Gasteiger partial charge on any atom is -0.507 e. The summed E-state index contributed by atoms with van der Waals surface area (Å²) >= 11 is 0. The fraction of sp³-hybridized carbons (Fsp3) is 0. The van der Waals surface area contributed by atoms with Crippen LogP contribution in [0.2, 0.25) is 0 Å². The summed E-state index contributed by atoms with van der Waals surface area (Å²) < 4.78 is 1.69. The van der Waals surface area contributed by atoms with Gasteiger partial charge in [-0.2, -0.15) is 14.6 Å². The molecule has 0 saturated heterocycles. The van der Waals surface area contributed by atoms with Gasteiger partial charge in [0.2, 0.25) is 0 Å². The van der Waals surface area contributed by atoms with Gasteiger partial charge in [-0.3, -0.25) is 0 Å². The maximum absolute atomic E-state index is 10.1. The lowest BCUT2D eigenvalue weighted by atomic mass is 10.1. The molecule has 1 N–H and O–H groups in total. The van der Waals surface area contributed by atoms with E-state index in [-0.39, 0.29) is 5.75 Å². The van der Waals surface area contributed by atoms with Crippen LogP contribution in [0, 0.1) is 0 Å². The second kappa shape index (κ2) is 4.96. The van der Waals surface area contributed by atoms with E-state index in [2.05, 4.69) is 15.1 Å². The summed E-state index contributed by atoms with van der Waals surface area (Å²) in [5, 5.41) is 14.3. The number of hydrogen-bond acceptors (Lipinski definition) is 4. The fourth-order valence-electron chi connectivity index (χ4n) is 2.45. The molecule has 0 aliphatic rings. The standard InChI is InChI=1S/C17H12N4O/c22-16-9-5-4-8-13(16)14-10-15(12-6-2-1-3-7-12)21-17(20-14)18-11-19-21/h1-11,22H. The Bertz CT molecular complexity index is 947. The highest BCUT2D eigenvalue weighted by Crippen LogP contribution is 2.30. The van der Waals surface area contributed by atoms with Crippen molar-refractivity contribution < 1.29 is 5.11 Å². The molecule has 0 radical (unpaired) electrons. The Kier molecular flexibility index (Phi) is 2.83. The normalized spacial score (nSPS) is 10.9. The van der Waals surface area contributed by atoms with Crippen LogP contribution in [-0.4, -0.2) is 24.7 Å². The molecule has 4 rings (SSSR count). The highest BCUT2D eigenvalue weighted by Gasteiger charge is 2.12. The van der Waals surface area contributed by atoms with Crippen molar-refractivity contribution in [2.24, 2.45) is 0 Å². The van der Waals surface area contributed by atoms with Crippen LogP contribution in [0.1, 0.15) is 0 Å². The first-order valence-corrected chi connectivity index (χ1v) is 6.87. The van der Waals surface area contributed by atoms with E-state index in [1.807, 2.05) is 48.5 Å². The largest absolute Gasteiger partial charge is 0.507 e. The summed E-state index contributed by atoms with van der Waals surface area (Å²) in [4.78, 5) is 8.66. The molecule has 0 amide bonds. The zero-order valence-corrected chi connectivity index (χ0v) is 11.6. The van der Waals surface area contributed by atoms with E-state index in [1.54, 1.807) is 16.6 Å². The summed E-state index contributed by atoms with van der Waals surface area (Å²) in [6.07, 6.45) is 1.48. The number of phenolic OH excluding ortho intramolecular Hbond substituents is 1. The van der Waals surface area contributed by atoms with Crippen LogP contribution < -0.4 is 0 Å². The molecule has 2 aromatic heterocycles. The molecule has 0 unspecified atom stereocenters. The van der Waals surface area contributed by atoms with Crippen LogP contribution in [0.3, 0.4) is 0 Å². The van der Waals surface area contributed by atoms with Crippen LogP contribution in [0.15, 0.2) is 67.0 Å². The third-order valence-corrected chi connectivity index (χ3v) is 3.50. The molecule has 2 heterocycles. The van der Waals surface area contributed by atoms with Gasteiger partial charge in [0.15, 0.2) is 0 Å². The number of hydrogen-bond donors (Lipinski definition) is 1. The van der Waals surface area contributed by atoms with E-state index in [9.17, 15) is 5.11 Å². The number of phenols is 1. The molecule has 4 aromatic rings. The minimum absolute atomic E-state index is 0.192.